The van der Waals surface area contributed by atoms with Gasteiger partial charge in [0.15, 0.2) is 0 Å². The predicted molar refractivity (Wildman–Crippen MR) is 82.7 cm³/mol. The summed E-state index contributed by atoms with van der Waals surface area (Å²) in [4.78, 5) is 11.7. The van der Waals surface area contributed by atoms with Crippen molar-refractivity contribution in [1.82, 2.24) is 0 Å². The highest BCUT2D eigenvalue weighted by atomic mass is 28.3. The topological polar surface area (TPSA) is 44.8 Å². The quantitative estimate of drug-likeness (QED) is 0.226. The summed E-state index contributed by atoms with van der Waals surface area (Å²) in [5.74, 6) is -0.326. The van der Waals surface area contributed by atoms with E-state index in [-0.39, 0.29) is 5.97 Å². The Labute approximate surface area is 125 Å². The van der Waals surface area contributed by atoms with Gasteiger partial charge in [-0.15, -0.1) is 0 Å². The number of ether oxygens (including phenoxy) is 1. The first-order valence-electron chi connectivity index (χ1n) is 7.61. The van der Waals surface area contributed by atoms with Crippen LogP contribution in [0.15, 0.2) is 12.2 Å². The zero-order valence-corrected chi connectivity index (χ0v) is 14.2. The lowest BCUT2D eigenvalue weighted by atomic mass is 10.3. The molecule has 0 aromatic heterocycles. The molecule has 117 valence electrons. The second-order valence-electron chi connectivity index (χ2n) is 4.69. The molecule has 0 aromatic rings. The highest BCUT2D eigenvalue weighted by Crippen LogP contribution is 2.10. The van der Waals surface area contributed by atoms with Crippen molar-refractivity contribution in [3.63, 3.8) is 0 Å². The smallest absolute Gasteiger partial charge is 0.389 e. The van der Waals surface area contributed by atoms with E-state index >= 15 is 0 Å². The fourth-order valence-electron chi connectivity index (χ4n) is 1.35. The van der Waals surface area contributed by atoms with Crippen molar-refractivity contribution in [2.75, 3.05) is 19.8 Å². The van der Waals surface area contributed by atoms with E-state index < -0.39 is 9.28 Å². The Kier molecular flexibility index (Phi) is 12.9. The molecule has 5 heteroatoms. The first-order valence-corrected chi connectivity index (χ1v) is 9.14. The van der Waals surface area contributed by atoms with Crippen LogP contribution in [0.2, 0.25) is 6.04 Å². The average Bonchev–Trinajstić information content (AvgIpc) is 2.44. The Morgan fingerprint density at radius 2 is 1.50 bits per heavy atom. The maximum absolute atomic E-state index is 11.7. The van der Waals surface area contributed by atoms with Crippen molar-refractivity contribution in [2.24, 2.45) is 0 Å². The summed E-state index contributed by atoms with van der Waals surface area (Å²) < 4.78 is 16.6. The highest BCUT2D eigenvalue weighted by Gasteiger charge is 2.21. The fraction of sp³-hybridized carbons (Fsp3) is 0.800. The molecule has 0 unspecified atom stereocenters. The first kappa shape index (κ1) is 19.3. The summed E-state index contributed by atoms with van der Waals surface area (Å²) in [5, 5.41) is 0. The number of hydrogen-bond donors (Lipinski definition) is 0. The van der Waals surface area contributed by atoms with Gasteiger partial charge in [-0.1, -0.05) is 40.2 Å². The molecule has 0 rings (SSSR count). The molecule has 0 bridgehead atoms. The number of esters is 1. The molecule has 1 radical (unpaired) electrons. The highest BCUT2D eigenvalue weighted by molar-refractivity contribution is 6.46. The summed E-state index contributed by atoms with van der Waals surface area (Å²) in [7, 11) is -1.46. The zero-order valence-electron chi connectivity index (χ0n) is 13.2. The Balaban J connectivity index is 4.15. The van der Waals surface area contributed by atoms with Crippen molar-refractivity contribution in [3.05, 3.63) is 12.2 Å². The second kappa shape index (κ2) is 13.3. The Morgan fingerprint density at radius 3 is 1.95 bits per heavy atom. The SMILES string of the molecule is C=C(C[Si](OCCCC)OCCCC)C(=O)OCCC. The van der Waals surface area contributed by atoms with Crippen LogP contribution >= 0.6 is 0 Å². The lowest BCUT2D eigenvalue weighted by molar-refractivity contribution is -0.139. The maximum atomic E-state index is 11.7. The molecule has 0 amide bonds. The molecule has 4 nitrogen and oxygen atoms in total. The van der Waals surface area contributed by atoms with Gasteiger partial charge in [-0.2, -0.15) is 0 Å². The normalized spacial score (nSPS) is 10.8. The van der Waals surface area contributed by atoms with Gasteiger partial charge in [0, 0.05) is 24.8 Å². The number of carbonyl (C=O) groups excluding carboxylic acids is 1. The van der Waals surface area contributed by atoms with Gasteiger partial charge in [0.2, 0.25) is 0 Å². The number of rotatable bonds is 13. The lowest BCUT2D eigenvalue weighted by Crippen LogP contribution is -2.26. The summed E-state index contributed by atoms with van der Waals surface area (Å²) in [6, 6.07) is 0.473. The predicted octanol–water partition coefficient (Wildman–Crippen LogP) is 3.62. The van der Waals surface area contributed by atoms with E-state index in [0.717, 1.165) is 32.1 Å². The maximum Gasteiger partial charge on any atom is 0.389 e. The molecule has 0 atom stereocenters. The van der Waals surface area contributed by atoms with Crippen LogP contribution < -0.4 is 0 Å². The van der Waals surface area contributed by atoms with Crippen LogP contribution in [-0.4, -0.2) is 35.1 Å². The van der Waals surface area contributed by atoms with Crippen LogP contribution in [0.5, 0.6) is 0 Å². The van der Waals surface area contributed by atoms with Crippen molar-refractivity contribution < 1.29 is 18.4 Å². The van der Waals surface area contributed by atoms with E-state index in [0.29, 0.717) is 31.4 Å². The summed E-state index contributed by atoms with van der Waals surface area (Å²) in [6.45, 7) is 11.8. The van der Waals surface area contributed by atoms with Gasteiger partial charge in [-0.3, -0.25) is 0 Å². The summed E-state index contributed by atoms with van der Waals surface area (Å²) in [6.07, 6.45) is 5.01. The second-order valence-corrected chi connectivity index (χ2v) is 6.37. The van der Waals surface area contributed by atoms with E-state index in [1.807, 2.05) is 6.92 Å². The molecule has 0 aliphatic rings. The van der Waals surface area contributed by atoms with Crippen LogP contribution in [0.3, 0.4) is 0 Å². The zero-order chi connectivity index (χ0) is 15.2. The molecule has 0 heterocycles. The molecule has 0 aromatic carbocycles. The average molecular weight is 301 g/mol. The van der Waals surface area contributed by atoms with Gasteiger partial charge >= 0.3 is 15.3 Å². The molecule has 20 heavy (non-hydrogen) atoms. The molecule has 0 saturated heterocycles. The third-order valence-electron chi connectivity index (χ3n) is 2.61. The van der Waals surface area contributed by atoms with Crippen LogP contribution in [0.25, 0.3) is 0 Å². The summed E-state index contributed by atoms with van der Waals surface area (Å²) >= 11 is 0. The first-order chi connectivity index (χ1) is 9.65. The lowest BCUT2D eigenvalue weighted by Gasteiger charge is -2.16. The van der Waals surface area contributed by atoms with E-state index in [2.05, 4.69) is 20.4 Å². The van der Waals surface area contributed by atoms with Gasteiger partial charge in [0.1, 0.15) is 0 Å². The monoisotopic (exact) mass is 301 g/mol. The van der Waals surface area contributed by atoms with Gasteiger partial charge in [-0.25, -0.2) is 4.79 Å². The van der Waals surface area contributed by atoms with Crippen LogP contribution in [-0.2, 0) is 18.4 Å². The van der Waals surface area contributed by atoms with Gasteiger partial charge in [0.05, 0.1) is 6.61 Å². The minimum absolute atomic E-state index is 0.326. The van der Waals surface area contributed by atoms with E-state index in [1.165, 1.54) is 0 Å². The third-order valence-corrected chi connectivity index (χ3v) is 4.37. The molecule has 0 fully saturated rings. The molecule has 0 aliphatic heterocycles. The number of unbranched alkanes of at least 4 members (excludes halogenated alkanes) is 2. The third kappa shape index (κ3) is 10.2. The van der Waals surface area contributed by atoms with Crippen molar-refractivity contribution in [2.45, 2.75) is 58.9 Å². The molecule has 0 saturated carbocycles. The minimum atomic E-state index is -1.46. The molecule has 0 aliphatic carbocycles. The Morgan fingerprint density at radius 1 is 0.950 bits per heavy atom. The van der Waals surface area contributed by atoms with Gasteiger partial charge in [-0.05, 0) is 19.3 Å². The van der Waals surface area contributed by atoms with E-state index in [9.17, 15) is 4.79 Å². The van der Waals surface area contributed by atoms with Gasteiger partial charge < -0.3 is 13.6 Å². The molecule has 0 spiro atoms. The van der Waals surface area contributed by atoms with Gasteiger partial charge in [0.25, 0.3) is 0 Å². The van der Waals surface area contributed by atoms with Crippen LogP contribution in [0.1, 0.15) is 52.9 Å². The Bertz CT molecular complexity index is 259. The van der Waals surface area contributed by atoms with E-state index in [1.54, 1.807) is 0 Å². The molecular weight excluding hydrogens is 272 g/mol. The number of hydrogen-bond acceptors (Lipinski definition) is 4. The van der Waals surface area contributed by atoms with Crippen LogP contribution in [0.4, 0.5) is 0 Å². The molecule has 0 N–H and O–H groups in total. The van der Waals surface area contributed by atoms with Crippen molar-refractivity contribution in [3.8, 4) is 0 Å². The van der Waals surface area contributed by atoms with Crippen LogP contribution in [0, 0.1) is 0 Å². The Hall–Kier alpha value is -0.653. The van der Waals surface area contributed by atoms with E-state index in [4.69, 9.17) is 13.6 Å². The molecular formula is C15H29O4Si. The number of carbonyl (C=O) groups is 1. The van der Waals surface area contributed by atoms with Crippen molar-refractivity contribution in [1.29, 1.82) is 0 Å². The summed E-state index contributed by atoms with van der Waals surface area (Å²) in [5.41, 5.74) is 0.459. The van der Waals surface area contributed by atoms with Crippen molar-refractivity contribution >= 4 is 15.3 Å². The minimum Gasteiger partial charge on any atom is -0.462 e. The largest absolute Gasteiger partial charge is 0.462 e. The fourth-order valence-corrected chi connectivity index (χ4v) is 2.87. The standard InChI is InChI=1S/C15H29O4Si/c1-5-8-11-18-20(19-12-9-6-2)13-14(4)15(16)17-10-7-3/h4-13H2,1-3H3.